The third-order valence-electron chi connectivity index (χ3n) is 5.24. The monoisotopic (exact) mass is 430 g/mol. The van der Waals surface area contributed by atoms with Crippen LogP contribution in [0.5, 0.6) is 0 Å². The number of rotatable bonds is 5. The number of aromatic nitrogens is 1. The lowest BCUT2D eigenvalue weighted by atomic mass is 9.99. The van der Waals surface area contributed by atoms with Crippen molar-refractivity contribution in [3.05, 3.63) is 48.4 Å². The van der Waals surface area contributed by atoms with Crippen molar-refractivity contribution >= 4 is 38.4 Å². The zero-order valence-electron chi connectivity index (χ0n) is 16.3. The highest BCUT2D eigenvalue weighted by atomic mass is 32.2. The predicted octanol–water partition coefficient (Wildman–Crippen LogP) is 2.98. The van der Waals surface area contributed by atoms with E-state index in [0.29, 0.717) is 22.8 Å². The third-order valence-corrected chi connectivity index (χ3v) is 6.60. The maximum Gasteiger partial charge on any atom is 0.310 e. The summed E-state index contributed by atoms with van der Waals surface area (Å²) in [5.41, 5.74) is 2.11. The molecule has 1 saturated heterocycles. The van der Waals surface area contributed by atoms with E-state index in [1.165, 1.54) is 29.7 Å². The molecule has 0 saturated carbocycles. The Morgan fingerprint density at radius 1 is 1.23 bits per heavy atom. The SMILES string of the molecule is CC1CCN(c2ncccc2NS(=O)(=O)c2ccc3cc(C(=O)NO)oc3c2)CC1. The maximum atomic E-state index is 13.0. The van der Waals surface area contributed by atoms with Gasteiger partial charge in [-0.15, -0.1) is 0 Å². The number of hydroxylamine groups is 1. The Hall–Kier alpha value is -3.11. The standard InChI is InChI=1S/C20H22N4O5S/c1-13-6-9-24(10-7-13)19-16(3-2-8-21-19)23-30(27,28)15-5-4-14-11-18(20(25)22-26)29-17(14)12-15/h2-5,8,11-13,23,26H,6-7,9-10H2,1H3,(H,22,25). The van der Waals surface area contributed by atoms with E-state index in [2.05, 4.69) is 21.5 Å². The number of fused-ring (bicyclic) bond motifs is 1. The Morgan fingerprint density at radius 3 is 2.73 bits per heavy atom. The zero-order valence-corrected chi connectivity index (χ0v) is 17.1. The first kappa shape index (κ1) is 20.2. The van der Waals surface area contributed by atoms with Crippen LogP contribution >= 0.6 is 0 Å². The molecule has 9 nitrogen and oxygen atoms in total. The number of pyridine rings is 1. The van der Waals surface area contributed by atoms with Crippen LogP contribution in [0.4, 0.5) is 11.5 Å². The fourth-order valence-electron chi connectivity index (χ4n) is 3.50. The quantitative estimate of drug-likeness (QED) is 0.420. The van der Waals surface area contributed by atoms with E-state index in [0.717, 1.165) is 25.9 Å². The first-order valence-electron chi connectivity index (χ1n) is 9.58. The van der Waals surface area contributed by atoms with Gasteiger partial charge in [0.25, 0.3) is 10.0 Å². The largest absolute Gasteiger partial charge is 0.451 e. The maximum absolute atomic E-state index is 13.0. The van der Waals surface area contributed by atoms with Gasteiger partial charge in [-0.1, -0.05) is 6.92 Å². The Bertz CT molecular complexity index is 1180. The number of carbonyl (C=O) groups excluding carboxylic acids is 1. The number of anilines is 2. The molecule has 4 rings (SSSR count). The lowest BCUT2D eigenvalue weighted by Crippen LogP contribution is -2.34. The van der Waals surface area contributed by atoms with Crippen LogP contribution < -0.4 is 15.1 Å². The molecule has 0 unspecified atom stereocenters. The number of benzene rings is 1. The van der Waals surface area contributed by atoms with Crippen LogP contribution in [0.2, 0.25) is 0 Å². The van der Waals surface area contributed by atoms with Gasteiger partial charge < -0.3 is 9.32 Å². The Kier molecular flexibility index (Phi) is 5.35. The van der Waals surface area contributed by atoms with Gasteiger partial charge in [0.2, 0.25) is 0 Å². The summed E-state index contributed by atoms with van der Waals surface area (Å²) in [6.07, 6.45) is 3.71. The molecular weight excluding hydrogens is 408 g/mol. The van der Waals surface area contributed by atoms with Crippen molar-refractivity contribution in [1.82, 2.24) is 10.5 Å². The Balaban J connectivity index is 1.63. The van der Waals surface area contributed by atoms with Crippen molar-refractivity contribution in [2.24, 2.45) is 5.92 Å². The van der Waals surface area contributed by atoms with Crippen molar-refractivity contribution in [3.8, 4) is 0 Å². The second-order valence-electron chi connectivity index (χ2n) is 7.40. The van der Waals surface area contributed by atoms with Crippen molar-refractivity contribution in [2.45, 2.75) is 24.7 Å². The van der Waals surface area contributed by atoms with Gasteiger partial charge in [0.15, 0.2) is 11.6 Å². The molecule has 2 aromatic heterocycles. The van der Waals surface area contributed by atoms with Gasteiger partial charge in [0, 0.05) is 30.7 Å². The molecule has 1 aliphatic heterocycles. The summed E-state index contributed by atoms with van der Waals surface area (Å²) in [5, 5.41) is 9.27. The van der Waals surface area contributed by atoms with Gasteiger partial charge in [-0.2, -0.15) is 0 Å². The van der Waals surface area contributed by atoms with E-state index in [1.54, 1.807) is 18.3 Å². The van der Waals surface area contributed by atoms with E-state index in [-0.39, 0.29) is 16.2 Å². The molecule has 1 aromatic carbocycles. The molecule has 3 N–H and O–H groups in total. The topological polar surface area (TPSA) is 125 Å². The third kappa shape index (κ3) is 3.96. The van der Waals surface area contributed by atoms with Gasteiger partial charge in [-0.05, 0) is 49.1 Å². The number of sulfonamides is 1. The summed E-state index contributed by atoms with van der Waals surface area (Å²) >= 11 is 0. The molecule has 158 valence electrons. The molecular formula is C20H22N4O5S. The van der Waals surface area contributed by atoms with Crippen LogP contribution in [0.1, 0.15) is 30.3 Å². The summed E-state index contributed by atoms with van der Waals surface area (Å²) in [7, 11) is -3.92. The molecule has 0 aliphatic carbocycles. The molecule has 3 aromatic rings. The number of carbonyl (C=O) groups is 1. The summed E-state index contributed by atoms with van der Waals surface area (Å²) < 4.78 is 34.0. The lowest BCUT2D eigenvalue weighted by Gasteiger charge is -2.32. The van der Waals surface area contributed by atoms with Crippen LogP contribution in [0.3, 0.4) is 0 Å². The average molecular weight is 430 g/mol. The van der Waals surface area contributed by atoms with Gasteiger partial charge in [0.05, 0.1) is 10.6 Å². The highest BCUT2D eigenvalue weighted by Crippen LogP contribution is 2.30. The first-order chi connectivity index (χ1) is 14.4. The number of nitrogens with zero attached hydrogens (tertiary/aromatic N) is 2. The van der Waals surface area contributed by atoms with Crippen LogP contribution in [0, 0.1) is 5.92 Å². The van der Waals surface area contributed by atoms with Gasteiger partial charge in [-0.3, -0.25) is 14.7 Å². The van der Waals surface area contributed by atoms with Crippen LogP contribution in [-0.4, -0.2) is 37.6 Å². The minimum atomic E-state index is -3.92. The van der Waals surface area contributed by atoms with Gasteiger partial charge in [0.1, 0.15) is 5.58 Å². The Morgan fingerprint density at radius 2 is 2.00 bits per heavy atom. The summed E-state index contributed by atoms with van der Waals surface area (Å²) in [5.74, 6) is 0.311. The second-order valence-corrected chi connectivity index (χ2v) is 9.08. The number of amides is 1. The Labute approximate surface area is 173 Å². The first-order valence-corrected chi connectivity index (χ1v) is 11.1. The van der Waals surface area contributed by atoms with E-state index < -0.39 is 15.9 Å². The predicted molar refractivity (Wildman–Crippen MR) is 111 cm³/mol. The number of hydrogen-bond acceptors (Lipinski definition) is 7. The fourth-order valence-corrected chi connectivity index (χ4v) is 4.57. The van der Waals surface area contributed by atoms with E-state index in [9.17, 15) is 13.2 Å². The summed E-state index contributed by atoms with van der Waals surface area (Å²) in [6, 6.07) is 9.10. The number of furan rings is 1. The smallest absolute Gasteiger partial charge is 0.310 e. The fraction of sp³-hybridized carbons (Fsp3) is 0.300. The van der Waals surface area contributed by atoms with E-state index in [4.69, 9.17) is 9.62 Å². The molecule has 1 aliphatic rings. The molecule has 1 amide bonds. The van der Waals surface area contributed by atoms with Crippen molar-refractivity contribution < 1.29 is 22.8 Å². The highest BCUT2D eigenvalue weighted by molar-refractivity contribution is 7.92. The molecule has 0 atom stereocenters. The molecule has 30 heavy (non-hydrogen) atoms. The van der Waals surface area contributed by atoms with Crippen LogP contribution in [0.25, 0.3) is 11.0 Å². The molecule has 0 bridgehead atoms. The molecule has 3 heterocycles. The molecule has 10 heteroatoms. The minimum Gasteiger partial charge on any atom is -0.451 e. The van der Waals surface area contributed by atoms with Crippen LogP contribution in [0.15, 0.2) is 51.9 Å². The average Bonchev–Trinajstić information content (AvgIpc) is 3.17. The second kappa shape index (κ2) is 7.96. The molecule has 0 spiro atoms. The van der Waals surface area contributed by atoms with E-state index in [1.807, 2.05) is 0 Å². The lowest BCUT2D eigenvalue weighted by molar-refractivity contribution is 0.0678. The summed E-state index contributed by atoms with van der Waals surface area (Å²) in [4.78, 5) is 18.0. The summed E-state index contributed by atoms with van der Waals surface area (Å²) in [6.45, 7) is 3.85. The molecule has 0 radical (unpaired) electrons. The minimum absolute atomic E-state index is 0.0117. The highest BCUT2D eigenvalue weighted by Gasteiger charge is 2.23. The zero-order chi connectivity index (χ0) is 21.3. The van der Waals surface area contributed by atoms with Crippen molar-refractivity contribution in [3.63, 3.8) is 0 Å². The number of hydrogen-bond donors (Lipinski definition) is 3. The number of piperidine rings is 1. The number of nitrogens with one attached hydrogen (secondary N) is 2. The normalized spacial score (nSPS) is 15.3. The van der Waals surface area contributed by atoms with Crippen molar-refractivity contribution in [1.29, 1.82) is 0 Å². The molecule has 1 fully saturated rings. The van der Waals surface area contributed by atoms with Gasteiger partial charge in [-0.25, -0.2) is 18.9 Å². The van der Waals surface area contributed by atoms with E-state index >= 15 is 0 Å². The van der Waals surface area contributed by atoms with Crippen molar-refractivity contribution in [2.75, 3.05) is 22.7 Å². The van der Waals surface area contributed by atoms with Crippen LogP contribution in [-0.2, 0) is 10.0 Å². The van der Waals surface area contributed by atoms with Gasteiger partial charge >= 0.3 is 5.91 Å².